The Balaban J connectivity index is 1.43. The summed E-state index contributed by atoms with van der Waals surface area (Å²) in [5.41, 5.74) is 4.75. The van der Waals surface area contributed by atoms with Crippen molar-refractivity contribution in [1.82, 2.24) is 14.8 Å². The Morgan fingerprint density at radius 1 is 1.32 bits per heavy atom. The largest absolute Gasteiger partial charge is 0.441 e. The van der Waals surface area contributed by atoms with E-state index in [-0.39, 0.29) is 11.7 Å². The van der Waals surface area contributed by atoms with E-state index in [9.17, 15) is 4.79 Å². The third-order valence-electron chi connectivity index (χ3n) is 5.29. The van der Waals surface area contributed by atoms with Crippen molar-refractivity contribution in [3.63, 3.8) is 0 Å². The standard InChI is InChI=1S/C21H21N4O2P/c1-13-23-16-4-3-15(9-18(16)27-13)19-10-20(26)25-12-17(22-11-21(25)28-19)14-5-7-24(2)8-6-14/h3-5,9-12,21,28H,6-8H2,1-2H3. The number of carbonyl (C=O) groups excluding carboxylic acids is 1. The molecule has 0 saturated carbocycles. The Morgan fingerprint density at radius 3 is 3.04 bits per heavy atom. The lowest BCUT2D eigenvalue weighted by Crippen LogP contribution is -2.38. The van der Waals surface area contributed by atoms with Crippen LogP contribution in [-0.4, -0.2) is 52.8 Å². The summed E-state index contributed by atoms with van der Waals surface area (Å²) in [6, 6.07) is 5.93. The fraction of sp³-hybridized carbons (Fsp3) is 0.286. The number of likely N-dealkylation sites (N-methyl/N-ethyl adjacent to an activating group) is 1. The molecule has 5 rings (SSSR count). The molecule has 6 nitrogen and oxygen atoms in total. The Kier molecular flexibility index (Phi) is 4.26. The SMILES string of the molecule is Cc1nc2ccc(C3=CC(=O)N4C=C(C5=CCN(C)CC5)N=CC4P3)cc2o1. The van der Waals surface area contributed by atoms with Crippen LogP contribution in [0.4, 0.5) is 0 Å². The molecular formula is C21H21N4O2P. The number of oxazole rings is 1. The molecule has 1 aromatic carbocycles. The predicted molar refractivity (Wildman–Crippen MR) is 112 cm³/mol. The number of aliphatic imine (C=N–C) groups is 1. The van der Waals surface area contributed by atoms with Crippen molar-refractivity contribution in [2.24, 2.45) is 4.99 Å². The van der Waals surface area contributed by atoms with E-state index in [4.69, 9.17) is 4.42 Å². The summed E-state index contributed by atoms with van der Waals surface area (Å²) >= 11 is 0. The van der Waals surface area contributed by atoms with E-state index < -0.39 is 0 Å². The molecule has 3 aliphatic heterocycles. The topological polar surface area (TPSA) is 61.9 Å². The summed E-state index contributed by atoms with van der Waals surface area (Å²) in [5.74, 6) is 0.634. The van der Waals surface area contributed by atoms with Gasteiger partial charge in [-0.3, -0.25) is 9.79 Å². The normalized spacial score (nSPS) is 23.6. The summed E-state index contributed by atoms with van der Waals surface area (Å²) in [6.45, 7) is 3.78. The maximum atomic E-state index is 12.8. The van der Waals surface area contributed by atoms with E-state index in [1.165, 1.54) is 5.57 Å². The van der Waals surface area contributed by atoms with Crippen LogP contribution in [0.3, 0.4) is 0 Å². The van der Waals surface area contributed by atoms with Crippen LogP contribution in [0, 0.1) is 6.92 Å². The summed E-state index contributed by atoms with van der Waals surface area (Å²) in [5, 5.41) is 1.03. The number of allylic oxidation sites excluding steroid dienone is 1. The lowest BCUT2D eigenvalue weighted by Gasteiger charge is -2.34. The average molecular weight is 392 g/mol. The van der Waals surface area contributed by atoms with E-state index in [0.717, 1.165) is 47.2 Å². The van der Waals surface area contributed by atoms with E-state index in [1.807, 2.05) is 42.4 Å². The van der Waals surface area contributed by atoms with Gasteiger partial charge in [-0.15, -0.1) is 0 Å². The number of hydrogen-bond donors (Lipinski definition) is 0. The molecule has 28 heavy (non-hydrogen) atoms. The molecule has 0 aliphatic carbocycles. The van der Waals surface area contributed by atoms with Gasteiger partial charge in [0.05, 0.1) is 11.5 Å². The maximum Gasteiger partial charge on any atom is 0.252 e. The molecule has 0 N–H and O–H groups in total. The second-order valence-corrected chi connectivity index (χ2v) is 8.76. The molecule has 0 bridgehead atoms. The fourth-order valence-electron chi connectivity index (χ4n) is 3.72. The molecule has 0 saturated heterocycles. The number of aromatic nitrogens is 1. The first-order chi connectivity index (χ1) is 13.6. The molecule has 4 heterocycles. The molecule has 7 heteroatoms. The van der Waals surface area contributed by atoms with Crippen LogP contribution in [0.15, 0.2) is 57.2 Å². The van der Waals surface area contributed by atoms with Crippen molar-refractivity contribution in [3.8, 4) is 0 Å². The number of hydrogen-bond acceptors (Lipinski definition) is 5. The lowest BCUT2D eigenvalue weighted by atomic mass is 10.1. The number of amides is 1. The Morgan fingerprint density at radius 2 is 2.21 bits per heavy atom. The van der Waals surface area contributed by atoms with Crippen LogP contribution in [0.1, 0.15) is 17.9 Å². The van der Waals surface area contributed by atoms with Crippen LogP contribution in [-0.2, 0) is 4.79 Å². The first-order valence-electron chi connectivity index (χ1n) is 9.39. The highest BCUT2D eigenvalue weighted by molar-refractivity contribution is 7.52. The molecule has 0 fully saturated rings. The lowest BCUT2D eigenvalue weighted by molar-refractivity contribution is -0.123. The van der Waals surface area contributed by atoms with Gasteiger partial charge in [0.2, 0.25) is 0 Å². The van der Waals surface area contributed by atoms with Crippen molar-refractivity contribution in [2.45, 2.75) is 19.1 Å². The van der Waals surface area contributed by atoms with E-state index >= 15 is 0 Å². The number of aryl methyl sites for hydroxylation is 1. The van der Waals surface area contributed by atoms with E-state index in [1.54, 1.807) is 6.08 Å². The monoisotopic (exact) mass is 392 g/mol. The molecule has 1 amide bonds. The van der Waals surface area contributed by atoms with E-state index in [2.05, 4.69) is 28.0 Å². The van der Waals surface area contributed by atoms with Gasteiger partial charge in [0.1, 0.15) is 5.52 Å². The molecular weight excluding hydrogens is 371 g/mol. The van der Waals surface area contributed by atoms with Crippen molar-refractivity contribution < 1.29 is 9.21 Å². The molecule has 1 aromatic heterocycles. The van der Waals surface area contributed by atoms with Gasteiger partial charge >= 0.3 is 0 Å². The van der Waals surface area contributed by atoms with Gasteiger partial charge in [0.15, 0.2) is 11.5 Å². The van der Waals surface area contributed by atoms with Crippen LogP contribution in [0.5, 0.6) is 0 Å². The highest BCUT2D eigenvalue weighted by Crippen LogP contribution is 2.44. The molecule has 0 radical (unpaired) electrons. The molecule has 0 spiro atoms. The van der Waals surface area contributed by atoms with Gasteiger partial charge in [-0.05, 0) is 42.1 Å². The minimum Gasteiger partial charge on any atom is -0.441 e. The minimum atomic E-state index is -0.0183. The highest BCUT2D eigenvalue weighted by Gasteiger charge is 2.30. The van der Waals surface area contributed by atoms with Gasteiger partial charge in [0.25, 0.3) is 5.91 Å². The zero-order valence-corrected chi connectivity index (χ0v) is 16.8. The first-order valence-corrected chi connectivity index (χ1v) is 10.5. The molecule has 3 aliphatic rings. The van der Waals surface area contributed by atoms with Crippen molar-refractivity contribution in [2.75, 3.05) is 20.1 Å². The van der Waals surface area contributed by atoms with Gasteiger partial charge in [-0.2, -0.15) is 0 Å². The second kappa shape index (κ2) is 6.80. The minimum absolute atomic E-state index is 0.00442. The summed E-state index contributed by atoms with van der Waals surface area (Å²) in [6.07, 6.45) is 8.77. The summed E-state index contributed by atoms with van der Waals surface area (Å²) < 4.78 is 5.65. The molecule has 142 valence electrons. The number of carbonyl (C=O) groups is 1. The average Bonchev–Trinajstić information content (AvgIpc) is 3.07. The van der Waals surface area contributed by atoms with Crippen LogP contribution < -0.4 is 0 Å². The maximum absolute atomic E-state index is 12.8. The van der Waals surface area contributed by atoms with Gasteiger partial charge in [0, 0.05) is 38.5 Å². The van der Waals surface area contributed by atoms with Crippen LogP contribution in [0.2, 0.25) is 0 Å². The fourth-order valence-corrected chi connectivity index (χ4v) is 5.06. The molecule has 2 atom stereocenters. The summed E-state index contributed by atoms with van der Waals surface area (Å²) in [4.78, 5) is 26.0. The number of fused-ring (bicyclic) bond motifs is 2. The van der Waals surface area contributed by atoms with Crippen molar-refractivity contribution in [1.29, 1.82) is 0 Å². The van der Waals surface area contributed by atoms with Gasteiger partial charge < -0.3 is 14.2 Å². The highest BCUT2D eigenvalue weighted by atomic mass is 31.1. The number of rotatable bonds is 2. The smallest absolute Gasteiger partial charge is 0.252 e. The second-order valence-electron chi connectivity index (χ2n) is 7.34. The quantitative estimate of drug-likeness (QED) is 0.734. The Hall–Kier alpha value is -2.56. The summed E-state index contributed by atoms with van der Waals surface area (Å²) in [7, 11) is 2.55. The molecule has 2 unspecified atom stereocenters. The third-order valence-corrected chi connectivity index (χ3v) is 6.76. The number of benzene rings is 1. The van der Waals surface area contributed by atoms with Crippen molar-refractivity contribution in [3.05, 3.63) is 59.3 Å². The van der Waals surface area contributed by atoms with Crippen molar-refractivity contribution >= 4 is 37.1 Å². The molecule has 2 aromatic rings. The van der Waals surface area contributed by atoms with Gasteiger partial charge in [-0.25, -0.2) is 4.98 Å². The van der Waals surface area contributed by atoms with Crippen LogP contribution in [0.25, 0.3) is 16.4 Å². The van der Waals surface area contributed by atoms with E-state index in [0.29, 0.717) is 14.5 Å². The zero-order chi connectivity index (χ0) is 19.3. The third kappa shape index (κ3) is 3.13. The Labute approximate surface area is 165 Å². The number of nitrogens with zero attached hydrogens (tertiary/aromatic N) is 4. The zero-order valence-electron chi connectivity index (χ0n) is 15.8. The first kappa shape index (κ1) is 17.5. The van der Waals surface area contributed by atoms with Gasteiger partial charge in [-0.1, -0.05) is 20.7 Å². The van der Waals surface area contributed by atoms with Crippen LogP contribution >= 0.6 is 8.58 Å². The Bertz CT molecular complexity index is 1100. The predicted octanol–water partition coefficient (Wildman–Crippen LogP) is 3.51.